The number of rotatable bonds is 9. The largest absolute Gasteiger partial charge is 0.299 e. The van der Waals surface area contributed by atoms with Gasteiger partial charge in [-0.2, -0.15) is 11.8 Å². The highest BCUT2D eigenvalue weighted by Gasteiger charge is 2.37. The first kappa shape index (κ1) is 15.2. The van der Waals surface area contributed by atoms with E-state index in [2.05, 4.69) is 18.3 Å². The molecule has 2 fully saturated rings. The standard InChI is InChI=1S/C17H28OS/c1-2-3-4-5-6-7-8-9-17(18)14-12-15-10-11-16(13-14)19-15/h2,14-16H,1,3-13H2. The van der Waals surface area contributed by atoms with E-state index in [9.17, 15) is 4.79 Å². The maximum absolute atomic E-state index is 12.2. The SMILES string of the molecule is C=CCCCCCCCC(=O)C1CC2CCC(C1)S2. The Labute approximate surface area is 122 Å². The minimum Gasteiger partial charge on any atom is -0.299 e. The van der Waals surface area contributed by atoms with Gasteiger partial charge in [0, 0.05) is 22.8 Å². The third kappa shape index (κ3) is 4.98. The van der Waals surface area contributed by atoms with Crippen LogP contribution < -0.4 is 0 Å². The predicted molar refractivity (Wildman–Crippen MR) is 84.6 cm³/mol. The predicted octanol–water partition coefficient (Wildman–Crippen LogP) is 5.15. The molecule has 0 saturated carbocycles. The third-order valence-corrected chi connectivity index (χ3v) is 6.20. The summed E-state index contributed by atoms with van der Waals surface area (Å²) in [6.07, 6.45) is 15.3. The van der Waals surface area contributed by atoms with Crippen LogP contribution in [-0.4, -0.2) is 16.3 Å². The number of fused-ring (bicyclic) bond motifs is 2. The average molecular weight is 280 g/mol. The molecular formula is C17H28OS. The van der Waals surface area contributed by atoms with Crippen molar-refractivity contribution >= 4 is 17.5 Å². The summed E-state index contributed by atoms with van der Waals surface area (Å²) in [6, 6.07) is 0. The van der Waals surface area contributed by atoms with Crippen LogP contribution in [0.25, 0.3) is 0 Å². The molecule has 0 amide bonds. The Morgan fingerprint density at radius 2 is 1.68 bits per heavy atom. The molecule has 1 nitrogen and oxygen atoms in total. The van der Waals surface area contributed by atoms with E-state index in [1.54, 1.807) is 0 Å². The van der Waals surface area contributed by atoms with Gasteiger partial charge in [-0.05, 0) is 44.9 Å². The molecule has 108 valence electrons. The van der Waals surface area contributed by atoms with Crippen molar-refractivity contribution in [1.29, 1.82) is 0 Å². The number of hydrogen-bond donors (Lipinski definition) is 0. The Kier molecular flexibility index (Phi) is 6.49. The van der Waals surface area contributed by atoms with E-state index < -0.39 is 0 Å². The summed E-state index contributed by atoms with van der Waals surface area (Å²) in [4.78, 5) is 12.2. The highest BCUT2D eigenvalue weighted by molar-refractivity contribution is 8.00. The first-order valence-electron chi connectivity index (χ1n) is 8.08. The molecule has 2 heteroatoms. The summed E-state index contributed by atoms with van der Waals surface area (Å²) >= 11 is 2.15. The molecule has 2 rings (SSSR count). The van der Waals surface area contributed by atoms with Crippen LogP contribution in [0.15, 0.2) is 12.7 Å². The average Bonchev–Trinajstić information content (AvgIpc) is 2.76. The summed E-state index contributed by atoms with van der Waals surface area (Å²) in [6.45, 7) is 3.74. The lowest BCUT2D eigenvalue weighted by Gasteiger charge is -2.26. The molecule has 0 N–H and O–H groups in total. The van der Waals surface area contributed by atoms with Gasteiger partial charge in [0.2, 0.25) is 0 Å². The van der Waals surface area contributed by atoms with Crippen molar-refractivity contribution in [3.05, 3.63) is 12.7 Å². The van der Waals surface area contributed by atoms with Crippen molar-refractivity contribution in [1.82, 2.24) is 0 Å². The van der Waals surface area contributed by atoms with Gasteiger partial charge < -0.3 is 0 Å². The Morgan fingerprint density at radius 1 is 1.05 bits per heavy atom. The van der Waals surface area contributed by atoms with Gasteiger partial charge in [-0.25, -0.2) is 0 Å². The molecule has 2 heterocycles. The van der Waals surface area contributed by atoms with Gasteiger partial charge in [0.1, 0.15) is 5.78 Å². The van der Waals surface area contributed by atoms with E-state index in [-0.39, 0.29) is 0 Å². The molecule has 2 bridgehead atoms. The Morgan fingerprint density at radius 3 is 2.37 bits per heavy atom. The maximum atomic E-state index is 12.2. The number of hydrogen-bond acceptors (Lipinski definition) is 2. The van der Waals surface area contributed by atoms with Crippen LogP contribution in [0.4, 0.5) is 0 Å². The Bertz CT molecular complexity index is 288. The van der Waals surface area contributed by atoms with Crippen LogP contribution in [0, 0.1) is 5.92 Å². The number of carbonyl (C=O) groups is 1. The molecule has 19 heavy (non-hydrogen) atoms. The lowest BCUT2D eigenvalue weighted by atomic mass is 9.91. The van der Waals surface area contributed by atoms with Crippen LogP contribution in [0.1, 0.15) is 70.6 Å². The number of unbranched alkanes of at least 4 members (excludes halogenated alkanes) is 5. The number of carbonyl (C=O) groups excluding carboxylic acids is 1. The molecule has 2 aliphatic heterocycles. The molecule has 2 aliphatic rings. The van der Waals surface area contributed by atoms with Gasteiger partial charge in [0.25, 0.3) is 0 Å². The topological polar surface area (TPSA) is 17.1 Å². The second-order valence-electron chi connectivity index (χ2n) is 6.19. The van der Waals surface area contributed by atoms with Crippen molar-refractivity contribution in [2.75, 3.05) is 0 Å². The quantitative estimate of drug-likeness (QED) is 0.429. The highest BCUT2D eigenvalue weighted by Crippen LogP contribution is 2.46. The van der Waals surface area contributed by atoms with Gasteiger partial charge in [0.15, 0.2) is 0 Å². The smallest absolute Gasteiger partial charge is 0.136 e. The molecule has 0 radical (unpaired) electrons. The molecule has 0 aromatic heterocycles. The Hall–Kier alpha value is -0.240. The van der Waals surface area contributed by atoms with E-state index in [1.807, 2.05) is 6.08 Å². The summed E-state index contributed by atoms with van der Waals surface area (Å²) in [5.74, 6) is 0.989. The number of thioether (sulfide) groups is 1. The van der Waals surface area contributed by atoms with Gasteiger partial charge >= 0.3 is 0 Å². The summed E-state index contributed by atoms with van der Waals surface area (Å²) in [5.41, 5.74) is 0. The minimum atomic E-state index is 0.416. The van der Waals surface area contributed by atoms with E-state index in [0.717, 1.165) is 29.8 Å². The fourth-order valence-electron chi connectivity index (χ4n) is 3.44. The molecule has 0 spiro atoms. The molecule has 2 unspecified atom stereocenters. The number of Topliss-reactive ketones (excluding diaryl/α,β-unsaturated/α-hetero) is 1. The third-order valence-electron chi connectivity index (χ3n) is 4.58. The lowest BCUT2D eigenvalue weighted by Crippen LogP contribution is -2.24. The van der Waals surface area contributed by atoms with Crippen LogP contribution in [0.3, 0.4) is 0 Å². The van der Waals surface area contributed by atoms with Crippen molar-refractivity contribution in [3.8, 4) is 0 Å². The molecule has 0 aliphatic carbocycles. The van der Waals surface area contributed by atoms with Crippen LogP contribution in [0.2, 0.25) is 0 Å². The zero-order chi connectivity index (χ0) is 13.5. The van der Waals surface area contributed by atoms with Crippen molar-refractivity contribution < 1.29 is 4.79 Å². The van der Waals surface area contributed by atoms with Crippen LogP contribution in [0.5, 0.6) is 0 Å². The highest BCUT2D eigenvalue weighted by atomic mass is 32.2. The molecule has 0 aromatic carbocycles. The normalized spacial score (nSPS) is 29.4. The molecule has 2 saturated heterocycles. The first-order chi connectivity index (χ1) is 9.29. The van der Waals surface area contributed by atoms with Gasteiger partial charge in [-0.3, -0.25) is 4.79 Å². The lowest BCUT2D eigenvalue weighted by molar-refractivity contribution is -0.123. The first-order valence-corrected chi connectivity index (χ1v) is 9.03. The second-order valence-corrected chi connectivity index (χ2v) is 7.79. The second kappa shape index (κ2) is 8.14. The number of allylic oxidation sites excluding steroid dienone is 1. The fraction of sp³-hybridized carbons (Fsp3) is 0.824. The van der Waals surface area contributed by atoms with Crippen molar-refractivity contribution in [2.45, 2.75) is 81.1 Å². The maximum Gasteiger partial charge on any atom is 0.136 e. The summed E-state index contributed by atoms with van der Waals surface area (Å²) < 4.78 is 0. The van der Waals surface area contributed by atoms with Gasteiger partial charge in [-0.15, -0.1) is 6.58 Å². The monoisotopic (exact) mass is 280 g/mol. The van der Waals surface area contributed by atoms with E-state index in [4.69, 9.17) is 0 Å². The summed E-state index contributed by atoms with van der Waals surface area (Å²) in [7, 11) is 0. The zero-order valence-electron chi connectivity index (χ0n) is 12.1. The number of ketones is 1. The van der Waals surface area contributed by atoms with Gasteiger partial charge in [0.05, 0.1) is 0 Å². The minimum absolute atomic E-state index is 0.416. The van der Waals surface area contributed by atoms with E-state index in [0.29, 0.717) is 11.7 Å². The van der Waals surface area contributed by atoms with E-state index in [1.165, 1.54) is 51.4 Å². The molecule has 2 atom stereocenters. The fourth-order valence-corrected chi connectivity index (χ4v) is 5.22. The Balaban J connectivity index is 1.53. The zero-order valence-corrected chi connectivity index (χ0v) is 12.9. The van der Waals surface area contributed by atoms with Gasteiger partial charge in [-0.1, -0.05) is 25.3 Å². The van der Waals surface area contributed by atoms with Crippen LogP contribution in [-0.2, 0) is 4.79 Å². The molecule has 0 aromatic rings. The summed E-state index contributed by atoms with van der Waals surface area (Å²) in [5, 5.41) is 1.62. The molecular weight excluding hydrogens is 252 g/mol. The van der Waals surface area contributed by atoms with Crippen molar-refractivity contribution in [3.63, 3.8) is 0 Å². The van der Waals surface area contributed by atoms with Crippen LogP contribution >= 0.6 is 11.8 Å². The van der Waals surface area contributed by atoms with E-state index >= 15 is 0 Å². The van der Waals surface area contributed by atoms with Crippen molar-refractivity contribution in [2.24, 2.45) is 5.92 Å².